The summed E-state index contributed by atoms with van der Waals surface area (Å²) in [6.45, 7) is 0. The van der Waals surface area contributed by atoms with Gasteiger partial charge in [-0.1, -0.05) is 140 Å². The molecule has 0 amide bonds. The van der Waals surface area contributed by atoms with E-state index in [2.05, 4.69) is 181 Å². The molecule has 8 rings (SSSR count). The van der Waals surface area contributed by atoms with Gasteiger partial charge in [0.05, 0.1) is 5.41 Å². The molecule has 198 valence electrons. The number of nitrogens with zero attached hydrogens (tertiary/aromatic N) is 1. The molecule has 0 N–H and O–H groups in total. The van der Waals surface area contributed by atoms with E-state index in [-0.39, 0.29) is 0 Å². The first-order valence-electron chi connectivity index (χ1n) is 14.5. The summed E-state index contributed by atoms with van der Waals surface area (Å²) in [4.78, 5) is 2.36. The molecule has 0 aromatic heterocycles. The lowest BCUT2D eigenvalue weighted by molar-refractivity contribution is 0.769. The average molecular weight is 536 g/mol. The fourth-order valence-electron chi connectivity index (χ4n) is 6.99. The van der Waals surface area contributed by atoms with E-state index in [4.69, 9.17) is 0 Å². The van der Waals surface area contributed by atoms with Crippen LogP contribution < -0.4 is 4.90 Å². The lowest BCUT2D eigenvalue weighted by Crippen LogP contribution is -2.28. The van der Waals surface area contributed by atoms with Crippen molar-refractivity contribution in [2.24, 2.45) is 0 Å². The van der Waals surface area contributed by atoms with Gasteiger partial charge in [0, 0.05) is 17.1 Å². The molecule has 0 aliphatic heterocycles. The van der Waals surface area contributed by atoms with Gasteiger partial charge in [-0.2, -0.15) is 0 Å². The molecule has 0 bridgehead atoms. The number of rotatable bonds is 5. The molecule has 0 fully saturated rings. The van der Waals surface area contributed by atoms with Crippen LogP contribution in [0, 0.1) is 0 Å². The van der Waals surface area contributed by atoms with Crippen LogP contribution in [0.3, 0.4) is 0 Å². The second-order valence-corrected chi connectivity index (χ2v) is 10.9. The maximum Gasteiger partial charge on any atom is 0.0713 e. The Bertz CT molecular complexity index is 1930. The molecule has 0 saturated heterocycles. The first-order valence-corrected chi connectivity index (χ1v) is 14.5. The lowest BCUT2D eigenvalue weighted by Gasteiger charge is -2.34. The van der Waals surface area contributed by atoms with Crippen molar-refractivity contribution < 1.29 is 0 Å². The molecule has 0 unspecified atom stereocenters. The summed E-state index contributed by atoms with van der Waals surface area (Å²) in [6, 6.07) is 63.9. The number of anilines is 3. The Morgan fingerprint density at radius 2 is 0.881 bits per heavy atom. The van der Waals surface area contributed by atoms with E-state index < -0.39 is 5.41 Å². The number of fused-ring (bicyclic) bond motifs is 5. The Morgan fingerprint density at radius 3 is 1.48 bits per heavy atom. The molecule has 7 aromatic rings. The monoisotopic (exact) mass is 535 g/mol. The molecular formula is C41H29N. The van der Waals surface area contributed by atoms with Crippen molar-refractivity contribution in [1.29, 1.82) is 0 Å². The molecule has 0 atom stereocenters. The minimum atomic E-state index is -0.430. The summed E-state index contributed by atoms with van der Waals surface area (Å²) in [5.41, 5.74) is 10.8. The van der Waals surface area contributed by atoms with E-state index in [0.29, 0.717) is 0 Å². The Labute approximate surface area is 247 Å². The van der Waals surface area contributed by atoms with E-state index in [0.717, 1.165) is 17.1 Å². The molecule has 0 saturated carbocycles. The van der Waals surface area contributed by atoms with Gasteiger partial charge in [0.1, 0.15) is 0 Å². The standard InChI is InChI=1S/C41H29N/c1-5-16-31(17-6-1)41(32-18-7-2-8-19-32)38-28-26-35(42(33-20-9-3-10-21-33)34-22-11-4-12-23-34)29-37(38)40-36-24-14-13-15-30(36)25-27-39(40)41/h1-29H. The third-order valence-corrected chi connectivity index (χ3v) is 8.71. The van der Waals surface area contributed by atoms with Crippen LogP contribution in [0.15, 0.2) is 176 Å². The van der Waals surface area contributed by atoms with Crippen molar-refractivity contribution in [3.63, 3.8) is 0 Å². The third-order valence-electron chi connectivity index (χ3n) is 8.71. The minimum absolute atomic E-state index is 0.430. The van der Waals surface area contributed by atoms with E-state index in [9.17, 15) is 0 Å². The van der Waals surface area contributed by atoms with Gasteiger partial charge in [-0.15, -0.1) is 0 Å². The van der Waals surface area contributed by atoms with Crippen LogP contribution in [0.1, 0.15) is 22.3 Å². The van der Waals surface area contributed by atoms with Crippen molar-refractivity contribution in [1.82, 2.24) is 0 Å². The second-order valence-electron chi connectivity index (χ2n) is 10.9. The van der Waals surface area contributed by atoms with Gasteiger partial charge in [0.25, 0.3) is 0 Å². The second kappa shape index (κ2) is 9.90. The van der Waals surface area contributed by atoms with Crippen molar-refractivity contribution in [2.75, 3.05) is 4.90 Å². The summed E-state index contributed by atoms with van der Waals surface area (Å²) in [7, 11) is 0. The largest absolute Gasteiger partial charge is 0.310 e. The highest BCUT2D eigenvalue weighted by Crippen LogP contribution is 2.58. The fourth-order valence-corrected chi connectivity index (χ4v) is 6.99. The summed E-state index contributed by atoms with van der Waals surface area (Å²) in [5, 5.41) is 2.54. The van der Waals surface area contributed by atoms with Crippen LogP contribution in [0.25, 0.3) is 21.9 Å². The third kappa shape index (κ3) is 3.64. The summed E-state index contributed by atoms with van der Waals surface area (Å²) in [6.07, 6.45) is 0. The Kier molecular flexibility index (Phi) is 5.75. The van der Waals surface area contributed by atoms with E-state index in [1.165, 1.54) is 44.2 Å². The highest BCUT2D eigenvalue weighted by Gasteiger charge is 2.46. The molecule has 1 aliphatic rings. The number of para-hydroxylation sites is 2. The van der Waals surface area contributed by atoms with Crippen molar-refractivity contribution in [3.8, 4) is 11.1 Å². The van der Waals surface area contributed by atoms with Crippen LogP contribution in [0.4, 0.5) is 17.1 Å². The first kappa shape index (κ1) is 24.4. The van der Waals surface area contributed by atoms with Crippen molar-refractivity contribution in [2.45, 2.75) is 5.41 Å². The van der Waals surface area contributed by atoms with Gasteiger partial charge in [-0.25, -0.2) is 0 Å². The highest BCUT2D eigenvalue weighted by molar-refractivity contribution is 6.05. The Balaban J connectivity index is 1.48. The van der Waals surface area contributed by atoms with Gasteiger partial charge in [-0.3, -0.25) is 0 Å². The zero-order valence-electron chi connectivity index (χ0n) is 23.2. The fraction of sp³-hybridized carbons (Fsp3) is 0.0244. The number of hydrogen-bond donors (Lipinski definition) is 0. The zero-order valence-corrected chi connectivity index (χ0v) is 23.2. The topological polar surface area (TPSA) is 3.24 Å². The predicted molar refractivity (Wildman–Crippen MR) is 176 cm³/mol. The van der Waals surface area contributed by atoms with Gasteiger partial charge < -0.3 is 4.90 Å². The Hall–Kier alpha value is -5.40. The van der Waals surface area contributed by atoms with E-state index in [1.54, 1.807) is 0 Å². The van der Waals surface area contributed by atoms with Crippen LogP contribution in [0.5, 0.6) is 0 Å². The van der Waals surface area contributed by atoms with Crippen LogP contribution >= 0.6 is 0 Å². The smallest absolute Gasteiger partial charge is 0.0713 e. The van der Waals surface area contributed by atoms with Crippen LogP contribution in [0.2, 0.25) is 0 Å². The van der Waals surface area contributed by atoms with Crippen molar-refractivity contribution >= 4 is 27.8 Å². The molecule has 1 heteroatoms. The molecule has 0 heterocycles. The predicted octanol–water partition coefficient (Wildman–Crippen LogP) is 10.7. The summed E-state index contributed by atoms with van der Waals surface area (Å²) >= 11 is 0. The highest BCUT2D eigenvalue weighted by atomic mass is 15.1. The first-order chi connectivity index (χ1) is 20.9. The maximum atomic E-state index is 2.41. The van der Waals surface area contributed by atoms with Crippen LogP contribution in [-0.4, -0.2) is 0 Å². The van der Waals surface area contributed by atoms with Gasteiger partial charge in [0.15, 0.2) is 0 Å². The van der Waals surface area contributed by atoms with Gasteiger partial charge >= 0.3 is 0 Å². The molecule has 1 nitrogen and oxygen atoms in total. The van der Waals surface area contributed by atoms with Crippen molar-refractivity contribution in [3.05, 3.63) is 198 Å². The van der Waals surface area contributed by atoms with Gasteiger partial charge in [0.2, 0.25) is 0 Å². The molecule has 42 heavy (non-hydrogen) atoms. The zero-order chi connectivity index (χ0) is 27.9. The molecular weight excluding hydrogens is 506 g/mol. The normalized spacial score (nSPS) is 13.0. The summed E-state index contributed by atoms with van der Waals surface area (Å²) < 4.78 is 0. The number of benzene rings is 7. The van der Waals surface area contributed by atoms with E-state index in [1.807, 2.05) is 0 Å². The quantitative estimate of drug-likeness (QED) is 0.212. The van der Waals surface area contributed by atoms with Crippen LogP contribution in [-0.2, 0) is 5.41 Å². The average Bonchev–Trinajstić information content (AvgIpc) is 3.38. The molecule has 0 radical (unpaired) electrons. The van der Waals surface area contributed by atoms with E-state index >= 15 is 0 Å². The lowest BCUT2D eigenvalue weighted by atomic mass is 9.67. The minimum Gasteiger partial charge on any atom is -0.310 e. The maximum absolute atomic E-state index is 2.41. The molecule has 0 spiro atoms. The Morgan fingerprint density at radius 1 is 0.381 bits per heavy atom. The number of hydrogen-bond acceptors (Lipinski definition) is 1. The van der Waals surface area contributed by atoms with Gasteiger partial charge in [-0.05, 0) is 80.6 Å². The SMILES string of the molecule is c1ccc(N(c2ccccc2)c2ccc3c(c2)-c2c(ccc4ccccc24)C3(c2ccccc2)c2ccccc2)cc1. The molecule has 1 aliphatic carbocycles. The summed E-state index contributed by atoms with van der Waals surface area (Å²) in [5.74, 6) is 0. The molecule has 7 aromatic carbocycles.